The lowest BCUT2D eigenvalue weighted by Crippen LogP contribution is -1.91. The summed E-state index contributed by atoms with van der Waals surface area (Å²) in [5, 5.41) is 12.0. The third-order valence-electron chi connectivity index (χ3n) is 10.6. The predicted octanol–water partition coefficient (Wildman–Crippen LogP) is 13.6. The van der Waals surface area contributed by atoms with E-state index >= 15 is 0 Å². The monoisotopic (exact) mass is 651 g/mol. The molecule has 0 bridgehead atoms. The zero-order chi connectivity index (χ0) is 33.6. The van der Waals surface area contributed by atoms with E-state index in [1.54, 1.807) is 0 Å². The Morgan fingerprint density at radius 2 is 0.902 bits per heavy atom. The van der Waals surface area contributed by atoms with Crippen molar-refractivity contribution in [2.75, 3.05) is 0 Å². The van der Waals surface area contributed by atoms with Crippen molar-refractivity contribution in [2.45, 2.75) is 6.92 Å². The van der Waals surface area contributed by atoms with Gasteiger partial charge in [-0.15, -0.1) is 0 Å². The number of aromatic nitrogens is 1. The molecule has 0 aliphatic carbocycles. The van der Waals surface area contributed by atoms with Gasteiger partial charge in [0.25, 0.3) is 0 Å². The Balaban J connectivity index is 1.11. The van der Waals surface area contributed by atoms with Crippen molar-refractivity contribution < 1.29 is 8.83 Å². The molecule has 0 saturated carbocycles. The minimum atomic E-state index is 0.633. The molecule has 238 valence electrons. The molecule has 0 amide bonds. The van der Waals surface area contributed by atoms with Crippen LogP contribution in [0, 0.1) is 6.92 Å². The molecule has 11 aromatic rings. The van der Waals surface area contributed by atoms with Crippen LogP contribution in [0.25, 0.3) is 110 Å². The van der Waals surface area contributed by atoms with Crippen LogP contribution in [-0.4, -0.2) is 4.98 Å². The molecule has 0 atom stereocenters. The third kappa shape index (κ3) is 4.22. The molecule has 0 aliphatic rings. The number of oxazole rings is 1. The summed E-state index contributed by atoms with van der Waals surface area (Å²) in [4.78, 5) is 4.63. The van der Waals surface area contributed by atoms with Gasteiger partial charge in [-0.3, -0.25) is 0 Å². The molecule has 0 N–H and O–H groups in total. The maximum absolute atomic E-state index is 6.54. The second kappa shape index (κ2) is 10.6. The standard InChI is InChI=1S/C48H29NO2/c1-28-49-47-43(50-28)24-23-42-37-22-19-34(27-44(37)51-48(42)47)46-40-13-7-5-11-38(40)45(39-12-6-8-14-41(39)46)33-18-21-36-32(26-33)16-15-31-25-30(17-20-35(31)36)29-9-3-2-4-10-29/h2-27H,1H3. The van der Waals surface area contributed by atoms with E-state index in [9.17, 15) is 0 Å². The van der Waals surface area contributed by atoms with Gasteiger partial charge in [-0.05, 0) is 113 Å². The van der Waals surface area contributed by atoms with E-state index in [-0.39, 0.29) is 0 Å². The fraction of sp³-hybridized carbons (Fsp3) is 0.0208. The van der Waals surface area contributed by atoms with Gasteiger partial charge in [0, 0.05) is 17.7 Å². The molecule has 0 fully saturated rings. The van der Waals surface area contributed by atoms with Gasteiger partial charge >= 0.3 is 0 Å². The van der Waals surface area contributed by atoms with Gasteiger partial charge in [-0.1, -0.05) is 121 Å². The molecule has 0 saturated heterocycles. The summed E-state index contributed by atoms with van der Waals surface area (Å²) >= 11 is 0. The summed E-state index contributed by atoms with van der Waals surface area (Å²) in [5.41, 5.74) is 10.4. The number of hydrogen-bond donors (Lipinski definition) is 0. The average molecular weight is 652 g/mol. The summed E-state index contributed by atoms with van der Waals surface area (Å²) in [5.74, 6) is 0.633. The molecule has 3 heteroatoms. The van der Waals surface area contributed by atoms with E-state index < -0.39 is 0 Å². The van der Waals surface area contributed by atoms with E-state index in [1.807, 2.05) is 13.0 Å². The van der Waals surface area contributed by atoms with Gasteiger partial charge in [-0.25, -0.2) is 4.98 Å². The molecule has 11 rings (SSSR count). The van der Waals surface area contributed by atoms with Crippen molar-refractivity contribution in [3.8, 4) is 33.4 Å². The normalized spacial score (nSPS) is 12.0. The molecular formula is C48H29NO2. The van der Waals surface area contributed by atoms with Crippen LogP contribution >= 0.6 is 0 Å². The Kier molecular flexibility index (Phi) is 5.88. The molecular weight excluding hydrogens is 623 g/mol. The minimum Gasteiger partial charge on any atom is -0.454 e. The van der Waals surface area contributed by atoms with Gasteiger partial charge < -0.3 is 8.83 Å². The van der Waals surface area contributed by atoms with Gasteiger partial charge in [0.05, 0.1) is 0 Å². The van der Waals surface area contributed by atoms with E-state index in [0.717, 1.165) is 38.6 Å². The number of rotatable bonds is 3. The first-order valence-electron chi connectivity index (χ1n) is 17.4. The Labute approximate surface area is 293 Å². The SMILES string of the molecule is Cc1nc2c(ccc3c4ccc(-c5c6ccccc6c(-c6ccc7c(ccc8cc(-c9ccccc9)ccc87)c6)c6ccccc56)cc4oc32)o1. The second-order valence-electron chi connectivity index (χ2n) is 13.5. The van der Waals surface area contributed by atoms with E-state index in [1.165, 1.54) is 70.9 Å². The third-order valence-corrected chi connectivity index (χ3v) is 10.6. The Morgan fingerprint density at radius 1 is 0.373 bits per heavy atom. The number of benzene rings is 9. The molecule has 51 heavy (non-hydrogen) atoms. The maximum Gasteiger partial charge on any atom is 0.192 e. The smallest absolute Gasteiger partial charge is 0.192 e. The molecule has 2 heterocycles. The van der Waals surface area contributed by atoms with Crippen LogP contribution < -0.4 is 0 Å². The van der Waals surface area contributed by atoms with Crippen molar-refractivity contribution in [1.29, 1.82) is 0 Å². The number of aryl methyl sites for hydroxylation is 1. The van der Waals surface area contributed by atoms with Crippen LogP contribution in [0.3, 0.4) is 0 Å². The first-order chi connectivity index (χ1) is 25.2. The second-order valence-corrected chi connectivity index (χ2v) is 13.5. The number of fused-ring (bicyclic) bond motifs is 10. The summed E-state index contributed by atoms with van der Waals surface area (Å²) in [6, 6.07) is 57.2. The van der Waals surface area contributed by atoms with Crippen molar-refractivity contribution in [3.05, 3.63) is 164 Å². The lowest BCUT2D eigenvalue weighted by Gasteiger charge is -2.18. The highest BCUT2D eigenvalue weighted by atomic mass is 16.4. The predicted molar refractivity (Wildman–Crippen MR) is 212 cm³/mol. The molecule has 0 aliphatic heterocycles. The van der Waals surface area contributed by atoms with Crippen molar-refractivity contribution in [1.82, 2.24) is 4.98 Å². The van der Waals surface area contributed by atoms with Crippen molar-refractivity contribution in [2.24, 2.45) is 0 Å². The first kappa shape index (κ1) is 28.2. The maximum atomic E-state index is 6.54. The topological polar surface area (TPSA) is 39.2 Å². The highest BCUT2D eigenvalue weighted by molar-refractivity contribution is 6.23. The zero-order valence-corrected chi connectivity index (χ0v) is 27.8. The molecule has 2 aromatic heterocycles. The number of nitrogens with zero attached hydrogens (tertiary/aromatic N) is 1. The zero-order valence-electron chi connectivity index (χ0n) is 27.8. The lowest BCUT2D eigenvalue weighted by molar-refractivity contribution is 0.561. The van der Waals surface area contributed by atoms with Crippen LogP contribution in [-0.2, 0) is 0 Å². The van der Waals surface area contributed by atoms with Gasteiger partial charge in [0.2, 0.25) is 0 Å². The molecule has 0 unspecified atom stereocenters. The average Bonchev–Trinajstić information content (AvgIpc) is 3.76. The molecule has 0 spiro atoms. The summed E-state index contributed by atoms with van der Waals surface area (Å²) in [6.07, 6.45) is 0. The van der Waals surface area contributed by atoms with E-state index in [4.69, 9.17) is 8.83 Å². The van der Waals surface area contributed by atoms with Crippen LogP contribution in [0.4, 0.5) is 0 Å². The van der Waals surface area contributed by atoms with E-state index in [0.29, 0.717) is 5.89 Å². The van der Waals surface area contributed by atoms with Crippen LogP contribution in [0.1, 0.15) is 5.89 Å². The Morgan fingerprint density at radius 3 is 1.55 bits per heavy atom. The molecule has 9 aromatic carbocycles. The Hall–Kier alpha value is -6.71. The quantitative estimate of drug-likeness (QED) is 0.141. The van der Waals surface area contributed by atoms with Gasteiger partial charge in [-0.2, -0.15) is 0 Å². The summed E-state index contributed by atoms with van der Waals surface area (Å²) < 4.78 is 12.3. The van der Waals surface area contributed by atoms with Crippen molar-refractivity contribution in [3.63, 3.8) is 0 Å². The highest BCUT2D eigenvalue weighted by Gasteiger charge is 2.19. The largest absolute Gasteiger partial charge is 0.454 e. The minimum absolute atomic E-state index is 0.633. The van der Waals surface area contributed by atoms with Crippen LogP contribution in [0.15, 0.2) is 167 Å². The lowest BCUT2D eigenvalue weighted by atomic mass is 9.85. The van der Waals surface area contributed by atoms with Crippen LogP contribution in [0.5, 0.6) is 0 Å². The van der Waals surface area contributed by atoms with E-state index in [2.05, 4.69) is 157 Å². The molecule has 0 radical (unpaired) electrons. The van der Waals surface area contributed by atoms with Crippen molar-refractivity contribution >= 4 is 76.1 Å². The fourth-order valence-corrected chi connectivity index (χ4v) is 8.28. The summed E-state index contributed by atoms with van der Waals surface area (Å²) in [6.45, 7) is 1.87. The fourth-order valence-electron chi connectivity index (χ4n) is 8.28. The van der Waals surface area contributed by atoms with Gasteiger partial charge in [0.15, 0.2) is 22.6 Å². The first-order valence-corrected chi connectivity index (χ1v) is 17.4. The summed E-state index contributed by atoms with van der Waals surface area (Å²) in [7, 11) is 0. The highest BCUT2D eigenvalue weighted by Crippen LogP contribution is 2.46. The molecule has 3 nitrogen and oxygen atoms in total. The number of furan rings is 1. The number of hydrogen-bond acceptors (Lipinski definition) is 3. The van der Waals surface area contributed by atoms with Crippen LogP contribution in [0.2, 0.25) is 0 Å². The Bertz CT molecular complexity index is 3150. The van der Waals surface area contributed by atoms with Gasteiger partial charge in [0.1, 0.15) is 5.58 Å².